The van der Waals surface area contributed by atoms with Gasteiger partial charge < -0.3 is 10.4 Å². The number of pyridine rings is 1. The Labute approximate surface area is 100 Å². The molecule has 0 aliphatic carbocycles. The molecule has 2 bridgehead atoms. The Morgan fingerprint density at radius 3 is 3.24 bits per heavy atom. The third-order valence-corrected chi connectivity index (χ3v) is 4.17. The Morgan fingerprint density at radius 2 is 2.53 bits per heavy atom. The van der Waals surface area contributed by atoms with Crippen molar-refractivity contribution in [1.29, 1.82) is 0 Å². The van der Waals surface area contributed by atoms with Gasteiger partial charge in [-0.25, -0.2) is 0 Å². The normalized spacial score (nSPS) is 35.1. The number of carboxylic acids is 1. The van der Waals surface area contributed by atoms with Crippen LogP contribution < -0.4 is 5.32 Å². The van der Waals surface area contributed by atoms with Gasteiger partial charge in [0.2, 0.25) is 0 Å². The molecular formula is C13H16N2O2. The molecule has 2 N–H and O–H groups in total. The number of aromatic nitrogens is 1. The first kappa shape index (κ1) is 10.7. The van der Waals surface area contributed by atoms with Crippen molar-refractivity contribution in [1.82, 2.24) is 10.3 Å². The molecule has 0 saturated carbocycles. The zero-order valence-electron chi connectivity index (χ0n) is 9.60. The topological polar surface area (TPSA) is 62.2 Å². The summed E-state index contributed by atoms with van der Waals surface area (Å²) < 4.78 is 0. The molecule has 1 aromatic heterocycles. The van der Waals surface area contributed by atoms with Crippen molar-refractivity contribution in [3.63, 3.8) is 0 Å². The summed E-state index contributed by atoms with van der Waals surface area (Å²) in [6.45, 7) is 0. The van der Waals surface area contributed by atoms with Crippen LogP contribution in [-0.2, 0) is 10.3 Å². The summed E-state index contributed by atoms with van der Waals surface area (Å²) in [5.74, 6) is -0.424. The molecule has 90 valence electrons. The lowest BCUT2D eigenvalue weighted by Gasteiger charge is -2.28. The van der Waals surface area contributed by atoms with Crippen LogP contribution >= 0.6 is 0 Å². The molecule has 3 atom stereocenters. The fourth-order valence-corrected chi connectivity index (χ4v) is 3.44. The lowest BCUT2D eigenvalue weighted by Crippen LogP contribution is -2.33. The van der Waals surface area contributed by atoms with Crippen molar-refractivity contribution in [2.45, 2.75) is 37.3 Å². The minimum absolute atomic E-state index is 0.0148. The number of rotatable bonds is 3. The fraction of sp³-hybridized carbons (Fsp3) is 0.538. The summed E-state index contributed by atoms with van der Waals surface area (Å²) in [5.41, 5.74) is 1.19. The van der Waals surface area contributed by atoms with Gasteiger partial charge in [0.25, 0.3) is 0 Å². The molecule has 4 heteroatoms. The fourth-order valence-electron chi connectivity index (χ4n) is 3.44. The van der Waals surface area contributed by atoms with Crippen LogP contribution in [0.5, 0.6) is 0 Å². The van der Waals surface area contributed by atoms with Gasteiger partial charge in [-0.1, -0.05) is 6.07 Å². The largest absolute Gasteiger partial charge is 0.481 e. The summed E-state index contributed by atoms with van der Waals surface area (Å²) in [7, 11) is 0. The van der Waals surface area contributed by atoms with Crippen molar-refractivity contribution in [2.75, 3.05) is 0 Å². The number of hydrogen-bond acceptors (Lipinski definition) is 3. The van der Waals surface area contributed by atoms with Crippen LogP contribution in [0.3, 0.4) is 0 Å². The molecule has 4 nitrogen and oxygen atoms in total. The van der Waals surface area contributed by atoms with E-state index in [-0.39, 0.29) is 17.9 Å². The van der Waals surface area contributed by atoms with Gasteiger partial charge in [0.15, 0.2) is 0 Å². The van der Waals surface area contributed by atoms with Gasteiger partial charge in [0.05, 0.1) is 0 Å². The third-order valence-electron chi connectivity index (χ3n) is 4.17. The quantitative estimate of drug-likeness (QED) is 0.829. The predicted molar refractivity (Wildman–Crippen MR) is 62.4 cm³/mol. The SMILES string of the molecule is O=C(O)CC1CC2(c3cccnc3)CCC1N2. The molecular weight excluding hydrogens is 216 g/mol. The minimum atomic E-state index is -0.689. The van der Waals surface area contributed by atoms with Gasteiger partial charge in [-0.2, -0.15) is 0 Å². The Balaban J connectivity index is 1.84. The first-order valence-electron chi connectivity index (χ1n) is 6.10. The van der Waals surface area contributed by atoms with E-state index in [0.717, 1.165) is 19.3 Å². The number of hydrogen-bond donors (Lipinski definition) is 2. The highest BCUT2D eigenvalue weighted by molar-refractivity contribution is 5.67. The number of nitrogens with one attached hydrogen (secondary N) is 1. The highest BCUT2D eigenvalue weighted by atomic mass is 16.4. The molecule has 3 rings (SSSR count). The molecule has 2 fully saturated rings. The van der Waals surface area contributed by atoms with Crippen LogP contribution in [0.15, 0.2) is 24.5 Å². The van der Waals surface area contributed by atoms with Gasteiger partial charge >= 0.3 is 5.97 Å². The average Bonchev–Trinajstić information content (AvgIpc) is 2.88. The van der Waals surface area contributed by atoms with Gasteiger partial charge in [-0.3, -0.25) is 9.78 Å². The molecule has 3 heterocycles. The maximum Gasteiger partial charge on any atom is 0.303 e. The summed E-state index contributed by atoms with van der Waals surface area (Å²) in [6, 6.07) is 4.40. The number of carboxylic acid groups (broad SMARTS) is 1. The highest BCUT2D eigenvalue weighted by Crippen LogP contribution is 2.48. The van der Waals surface area contributed by atoms with Crippen molar-refractivity contribution < 1.29 is 9.90 Å². The van der Waals surface area contributed by atoms with Gasteiger partial charge in [0.1, 0.15) is 0 Å². The molecule has 0 spiro atoms. The second-order valence-corrected chi connectivity index (χ2v) is 5.18. The van der Waals surface area contributed by atoms with Crippen LogP contribution in [0.4, 0.5) is 0 Å². The average molecular weight is 232 g/mol. The van der Waals surface area contributed by atoms with Crippen LogP contribution in [0.25, 0.3) is 0 Å². The molecule has 2 aliphatic rings. The van der Waals surface area contributed by atoms with Crippen LogP contribution in [-0.4, -0.2) is 22.1 Å². The Kier molecular flexibility index (Phi) is 2.40. The molecule has 1 aromatic rings. The van der Waals surface area contributed by atoms with Gasteiger partial charge in [-0.05, 0) is 36.8 Å². The van der Waals surface area contributed by atoms with Crippen LogP contribution in [0.2, 0.25) is 0 Å². The van der Waals surface area contributed by atoms with E-state index in [0.29, 0.717) is 6.04 Å². The highest BCUT2D eigenvalue weighted by Gasteiger charge is 2.51. The predicted octanol–water partition coefficient (Wildman–Crippen LogP) is 1.52. The van der Waals surface area contributed by atoms with E-state index in [1.165, 1.54) is 5.56 Å². The first-order chi connectivity index (χ1) is 8.20. The van der Waals surface area contributed by atoms with E-state index >= 15 is 0 Å². The number of nitrogens with zero attached hydrogens (tertiary/aromatic N) is 1. The van der Waals surface area contributed by atoms with E-state index < -0.39 is 5.97 Å². The van der Waals surface area contributed by atoms with Crippen molar-refractivity contribution >= 4 is 5.97 Å². The molecule has 2 aliphatic heterocycles. The Hall–Kier alpha value is -1.42. The van der Waals surface area contributed by atoms with Crippen LogP contribution in [0, 0.1) is 5.92 Å². The molecule has 3 unspecified atom stereocenters. The first-order valence-corrected chi connectivity index (χ1v) is 6.10. The standard InChI is InChI=1S/C13H16N2O2/c16-12(17)6-9-7-13(4-3-11(9)15-13)10-2-1-5-14-8-10/h1-2,5,8-9,11,15H,3-4,6-7H2,(H,16,17). The minimum Gasteiger partial charge on any atom is -0.481 e. The summed E-state index contributed by atoms with van der Waals surface area (Å²) in [4.78, 5) is 15.0. The summed E-state index contributed by atoms with van der Waals surface area (Å²) >= 11 is 0. The molecule has 17 heavy (non-hydrogen) atoms. The maximum atomic E-state index is 10.8. The summed E-state index contributed by atoms with van der Waals surface area (Å²) in [6.07, 6.45) is 7.05. The lowest BCUT2D eigenvalue weighted by atomic mass is 9.76. The summed E-state index contributed by atoms with van der Waals surface area (Å²) in [5, 5.41) is 12.5. The number of aliphatic carboxylic acids is 1. The second kappa shape index (κ2) is 3.81. The number of fused-ring (bicyclic) bond motifs is 2. The van der Waals surface area contributed by atoms with E-state index in [4.69, 9.17) is 5.11 Å². The monoisotopic (exact) mass is 232 g/mol. The number of carbonyl (C=O) groups is 1. The molecule has 0 radical (unpaired) electrons. The Bertz CT molecular complexity index is 434. The van der Waals surface area contributed by atoms with E-state index in [2.05, 4.69) is 16.4 Å². The van der Waals surface area contributed by atoms with E-state index in [1.807, 2.05) is 12.3 Å². The van der Waals surface area contributed by atoms with Crippen molar-refractivity contribution in [2.24, 2.45) is 5.92 Å². The zero-order valence-corrected chi connectivity index (χ0v) is 9.60. The molecule has 0 aromatic carbocycles. The third kappa shape index (κ3) is 1.72. The van der Waals surface area contributed by atoms with Gasteiger partial charge in [-0.15, -0.1) is 0 Å². The van der Waals surface area contributed by atoms with E-state index in [1.54, 1.807) is 6.20 Å². The molecule has 2 saturated heterocycles. The zero-order chi connectivity index (χ0) is 11.9. The Morgan fingerprint density at radius 1 is 1.65 bits per heavy atom. The van der Waals surface area contributed by atoms with E-state index in [9.17, 15) is 4.79 Å². The van der Waals surface area contributed by atoms with Gasteiger partial charge in [0, 0.05) is 30.4 Å². The lowest BCUT2D eigenvalue weighted by molar-refractivity contribution is -0.138. The maximum absolute atomic E-state index is 10.8. The smallest absolute Gasteiger partial charge is 0.303 e. The van der Waals surface area contributed by atoms with Crippen molar-refractivity contribution in [3.8, 4) is 0 Å². The molecule has 0 amide bonds. The van der Waals surface area contributed by atoms with Crippen molar-refractivity contribution in [3.05, 3.63) is 30.1 Å². The second-order valence-electron chi connectivity index (χ2n) is 5.18. The van der Waals surface area contributed by atoms with Crippen LogP contribution in [0.1, 0.15) is 31.2 Å².